The fourth-order valence-corrected chi connectivity index (χ4v) is 4.76. The first-order valence-electron chi connectivity index (χ1n) is 10.8. The number of rotatable bonds is 1. The predicted octanol–water partition coefficient (Wildman–Crippen LogP) is 2.90. The monoisotopic (exact) mass is 410 g/mol. The molecule has 1 N–H and O–H groups in total. The molecule has 0 aliphatic carbocycles. The van der Waals surface area contributed by atoms with E-state index in [0.717, 1.165) is 44.3 Å². The zero-order chi connectivity index (χ0) is 21.0. The zero-order valence-corrected chi connectivity index (χ0v) is 17.6. The van der Waals surface area contributed by atoms with Crippen LogP contribution in [0.2, 0.25) is 0 Å². The summed E-state index contributed by atoms with van der Waals surface area (Å²) in [5.74, 6) is 0.968. The summed E-state index contributed by atoms with van der Waals surface area (Å²) in [6.07, 6.45) is 6.91. The van der Waals surface area contributed by atoms with Crippen LogP contribution in [0.4, 0.5) is 0 Å². The number of amides is 2. The van der Waals surface area contributed by atoms with Crippen LogP contribution in [0.1, 0.15) is 48.2 Å². The summed E-state index contributed by atoms with van der Waals surface area (Å²) in [5, 5.41) is 6.65. The maximum atomic E-state index is 13.6. The first kappa shape index (κ1) is 20.4. The number of piperidine rings is 1. The van der Waals surface area contributed by atoms with Crippen LogP contribution in [-0.4, -0.2) is 65.1 Å². The SMILES string of the molecule is CN1CCOc2ccccc2CCCCC2(CCCN(C(=O)c3ccn[nH]3)C2)C1=O. The Hall–Kier alpha value is -2.83. The molecule has 3 heterocycles. The topological polar surface area (TPSA) is 78.5 Å². The number of hydrogen-bond donors (Lipinski definition) is 1. The van der Waals surface area contributed by atoms with Gasteiger partial charge in [-0.3, -0.25) is 14.7 Å². The third kappa shape index (κ3) is 4.20. The van der Waals surface area contributed by atoms with Crippen LogP contribution in [0.25, 0.3) is 0 Å². The molecule has 1 atom stereocenters. The lowest BCUT2D eigenvalue weighted by atomic mass is 9.74. The number of ether oxygens (including phenoxy) is 1. The van der Waals surface area contributed by atoms with Crippen LogP contribution < -0.4 is 4.74 Å². The minimum atomic E-state index is -0.526. The molecule has 7 nitrogen and oxygen atoms in total. The molecule has 0 radical (unpaired) electrons. The number of aromatic amines is 1. The smallest absolute Gasteiger partial charge is 0.271 e. The van der Waals surface area contributed by atoms with Gasteiger partial charge in [-0.2, -0.15) is 5.10 Å². The molecule has 160 valence electrons. The number of hydrogen-bond acceptors (Lipinski definition) is 4. The first-order chi connectivity index (χ1) is 14.6. The molecule has 0 bridgehead atoms. The van der Waals surface area contributed by atoms with Crippen molar-refractivity contribution in [2.75, 3.05) is 33.3 Å². The van der Waals surface area contributed by atoms with Gasteiger partial charge in [0, 0.05) is 26.3 Å². The van der Waals surface area contributed by atoms with Crippen molar-refractivity contribution in [2.24, 2.45) is 5.41 Å². The zero-order valence-electron chi connectivity index (χ0n) is 17.6. The molecule has 1 spiro atoms. The van der Waals surface area contributed by atoms with E-state index in [4.69, 9.17) is 4.74 Å². The lowest BCUT2D eigenvalue weighted by Crippen LogP contribution is -2.54. The van der Waals surface area contributed by atoms with Gasteiger partial charge in [0.1, 0.15) is 18.1 Å². The molecule has 2 amide bonds. The molecule has 7 heteroatoms. The van der Waals surface area contributed by atoms with Gasteiger partial charge in [0.15, 0.2) is 0 Å². The Morgan fingerprint density at radius 2 is 1.97 bits per heavy atom. The van der Waals surface area contributed by atoms with E-state index in [1.807, 2.05) is 30.1 Å². The number of aromatic nitrogens is 2. The van der Waals surface area contributed by atoms with Crippen LogP contribution >= 0.6 is 0 Å². The number of carbonyl (C=O) groups excluding carboxylic acids is 2. The van der Waals surface area contributed by atoms with Gasteiger partial charge in [-0.15, -0.1) is 0 Å². The van der Waals surface area contributed by atoms with Crippen molar-refractivity contribution in [3.8, 4) is 5.75 Å². The third-order valence-electron chi connectivity index (χ3n) is 6.40. The number of likely N-dealkylation sites (N-methyl/N-ethyl adjacent to an activating group) is 1. The van der Waals surface area contributed by atoms with E-state index in [-0.39, 0.29) is 11.8 Å². The summed E-state index contributed by atoms with van der Waals surface area (Å²) in [6.45, 7) is 2.13. The minimum Gasteiger partial charge on any atom is -0.491 e. The summed E-state index contributed by atoms with van der Waals surface area (Å²) in [4.78, 5) is 30.1. The average molecular weight is 411 g/mol. The molecule has 4 rings (SSSR count). The summed E-state index contributed by atoms with van der Waals surface area (Å²) >= 11 is 0. The van der Waals surface area contributed by atoms with Crippen molar-refractivity contribution in [2.45, 2.75) is 38.5 Å². The highest BCUT2D eigenvalue weighted by Gasteiger charge is 2.44. The number of benzene rings is 1. The molecule has 1 fully saturated rings. The van der Waals surface area contributed by atoms with E-state index in [1.165, 1.54) is 5.56 Å². The fourth-order valence-electron chi connectivity index (χ4n) is 4.76. The van der Waals surface area contributed by atoms with Crippen molar-refractivity contribution in [3.63, 3.8) is 0 Å². The van der Waals surface area contributed by atoms with Gasteiger partial charge in [-0.1, -0.05) is 24.6 Å². The van der Waals surface area contributed by atoms with E-state index in [2.05, 4.69) is 16.3 Å². The second-order valence-corrected chi connectivity index (χ2v) is 8.47. The maximum absolute atomic E-state index is 13.6. The molecule has 2 aliphatic heterocycles. The van der Waals surface area contributed by atoms with Crippen LogP contribution in [0.5, 0.6) is 5.75 Å². The molecule has 30 heavy (non-hydrogen) atoms. The van der Waals surface area contributed by atoms with E-state index in [9.17, 15) is 9.59 Å². The van der Waals surface area contributed by atoms with Gasteiger partial charge in [0.2, 0.25) is 5.91 Å². The van der Waals surface area contributed by atoms with Gasteiger partial charge in [-0.05, 0) is 49.8 Å². The Bertz CT molecular complexity index is 882. The molecule has 1 saturated heterocycles. The molecular formula is C23H30N4O3. The third-order valence-corrected chi connectivity index (χ3v) is 6.40. The number of H-pyrrole nitrogens is 1. The number of para-hydroxylation sites is 1. The first-order valence-corrected chi connectivity index (χ1v) is 10.8. The van der Waals surface area contributed by atoms with Crippen LogP contribution in [0.3, 0.4) is 0 Å². The summed E-state index contributed by atoms with van der Waals surface area (Å²) in [5.41, 5.74) is 1.17. The number of fused-ring (bicyclic) bond motifs is 1. The quantitative estimate of drug-likeness (QED) is 0.784. The highest BCUT2D eigenvalue weighted by molar-refractivity contribution is 5.93. The summed E-state index contributed by atoms with van der Waals surface area (Å²) in [7, 11) is 1.85. The Kier molecular flexibility index (Phi) is 6.06. The molecule has 2 aromatic rings. The number of nitrogens with zero attached hydrogens (tertiary/aromatic N) is 3. The van der Waals surface area contributed by atoms with Gasteiger partial charge in [0.05, 0.1) is 12.0 Å². The van der Waals surface area contributed by atoms with Crippen molar-refractivity contribution >= 4 is 11.8 Å². The Morgan fingerprint density at radius 3 is 2.80 bits per heavy atom. The number of carbonyl (C=O) groups is 2. The highest BCUT2D eigenvalue weighted by atomic mass is 16.5. The summed E-state index contributed by atoms with van der Waals surface area (Å²) < 4.78 is 5.99. The van der Waals surface area contributed by atoms with Crippen molar-refractivity contribution in [3.05, 3.63) is 47.8 Å². The second kappa shape index (κ2) is 8.90. The number of aryl methyl sites for hydroxylation is 1. The van der Waals surface area contributed by atoms with Crippen LogP contribution in [0.15, 0.2) is 36.5 Å². The molecule has 0 saturated carbocycles. The Morgan fingerprint density at radius 1 is 1.13 bits per heavy atom. The Labute approximate surface area is 177 Å². The van der Waals surface area contributed by atoms with E-state index in [1.54, 1.807) is 17.2 Å². The largest absolute Gasteiger partial charge is 0.491 e. The number of likely N-dealkylation sites (tertiary alicyclic amines) is 1. The predicted molar refractivity (Wildman–Crippen MR) is 113 cm³/mol. The second-order valence-electron chi connectivity index (χ2n) is 8.47. The molecule has 2 aliphatic rings. The van der Waals surface area contributed by atoms with E-state index in [0.29, 0.717) is 31.9 Å². The van der Waals surface area contributed by atoms with Crippen LogP contribution in [0, 0.1) is 5.41 Å². The van der Waals surface area contributed by atoms with E-state index >= 15 is 0 Å². The van der Waals surface area contributed by atoms with Crippen molar-refractivity contribution < 1.29 is 14.3 Å². The summed E-state index contributed by atoms with van der Waals surface area (Å²) in [6, 6.07) is 9.85. The van der Waals surface area contributed by atoms with Crippen molar-refractivity contribution in [1.29, 1.82) is 0 Å². The highest BCUT2D eigenvalue weighted by Crippen LogP contribution is 2.38. The van der Waals surface area contributed by atoms with Gasteiger partial charge in [-0.25, -0.2) is 0 Å². The minimum absolute atomic E-state index is 0.0783. The molecule has 1 aromatic heterocycles. The lowest BCUT2D eigenvalue weighted by molar-refractivity contribution is -0.144. The van der Waals surface area contributed by atoms with Gasteiger partial charge < -0.3 is 14.5 Å². The normalized spacial score (nSPS) is 23.3. The number of nitrogens with one attached hydrogen (secondary N) is 1. The van der Waals surface area contributed by atoms with Gasteiger partial charge in [0.25, 0.3) is 5.91 Å². The average Bonchev–Trinajstić information content (AvgIpc) is 3.31. The van der Waals surface area contributed by atoms with Gasteiger partial charge >= 0.3 is 0 Å². The maximum Gasteiger partial charge on any atom is 0.271 e. The lowest BCUT2D eigenvalue weighted by Gasteiger charge is -2.43. The fraction of sp³-hybridized carbons (Fsp3) is 0.522. The standard InChI is InChI=1S/C23H30N4O3/c1-26-15-16-30-20-9-3-2-7-18(20)8-4-5-11-23(22(26)29)12-6-14-27(17-23)21(28)19-10-13-24-25-19/h2-3,7,9-10,13H,4-6,8,11-12,14-17H2,1H3,(H,24,25). The molecular weight excluding hydrogens is 380 g/mol. The van der Waals surface area contributed by atoms with Crippen LogP contribution in [-0.2, 0) is 11.2 Å². The molecule has 1 aromatic carbocycles. The van der Waals surface area contributed by atoms with E-state index < -0.39 is 5.41 Å². The Balaban J connectivity index is 1.54. The molecule has 1 unspecified atom stereocenters. The van der Waals surface area contributed by atoms with Crippen molar-refractivity contribution in [1.82, 2.24) is 20.0 Å².